The number of alkyl halides is 2. The minimum absolute atomic E-state index is 0.419. The van der Waals surface area contributed by atoms with Gasteiger partial charge < -0.3 is 10.4 Å². The first kappa shape index (κ1) is 15.7. The summed E-state index contributed by atoms with van der Waals surface area (Å²) in [6, 6.07) is -1.22. The molecule has 0 bridgehead atoms. The second-order valence-corrected chi connectivity index (χ2v) is 2.49. The number of carboxylic acids is 1. The van der Waals surface area contributed by atoms with Gasteiger partial charge in [-0.3, -0.25) is 4.79 Å². The Morgan fingerprint density at radius 2 is 1.93 bits per heavy atom. The molecule has 0 saturated carbocycles. The molecule has 0 radical (unpaired) electrons. The fraction of sp³-hybridized carbons (Fsp3) is 0.889. The lowest BCUT2D eigenvalue weighted by atomic mass is 10.2. The van der Waals surface area contributed by atoms with E-state index in [1.54, 1.807) is 0 Å². The Hall–Kier alpha value is -0.710. The topological polar surface area (TPSA) is 49.3 Å². The smallest absolute Gasteiger partial charge is 0.305 e. The van der Waals surface area contributed by atoms with Gasteiger partial charge in [-0.05, 0) is 13.0 Å². The number of nitrogens with one attached hydrogen (secondary N) is 1. The summed E-state index contributed by atoms with van der Waals surface area (Å²) in [6.45, 7) is 6.25. The SMILES string of the molecule is CC.CCCNC(CC(=O)O)C(F)F. The van der Waals surface area contributed by atoms with Gasteiger partial charge in [-0.2, -0.15) is 0 Å². The second kappa shape index (κ2) is 10.4. The monoisotopic (exact) mass is 211 g/mol. The molecule has 0 saturated heterocycles. The summed E-state index contributed by atoms with van der Waals surface area (Å²) in [5.74, 6) is -1.20. The van der Waals surface area contributed by atoms with Gasteiger partial charge in [0.25, 0.3) is 6.43 Å². The zero-order chi connectivity index (χ0) is 11.6. The first-order valence-corrected chi connectivity index (χ1v) is 4.81. The van der Waals surface area contributed by atoms with Gasteiger partial charge in [0, 0.05) is 0 Å². The van der Waals surface area contributed by atoms with Crippen molar-refractivity contribution in [1.82, 2.24) is 5.32 Å². The zero-order valence-electron chi connectivity index (χ0n) is 8.89. The van der Waals surface area contributed by atoms with Crippen LogP contribution in [0.1, 0.15) is 33.6 Å². The third kappa shape index (κ3) is 9.38. The van der Waals surface area contributed by atoms with Crippen molar-refractivity contribution in [1.29, 1.82) is 0 Å². The minimum Gasteiger partial charge on any atom is -0.481 e. The third-order valence-corrected chi connectivity index (χ3v) is 1.36. The van der Waals surface area contributed by atoms with E-state index < -0.39 is 24.9 Å². The summed E-state index contributed by atoms with van der Waals surface area (Å²) in [6.07, 6.45) is -2.44. The molecule has 0 aromatic rings. The molecule has 0 spiro atoms. The van der Waals surface area contributed by atoms with E-state index in [1.165, 1.54) is 0 Å². The Labute approximate surface area is 83.5 Å². The number of aliphatic carboxylic acids is 1. The lowest BCUT2D eigenvalue weighted by Crippen LogP contribution is -2.37. The maximum absolute atomic E-state index is 12.1. The van der Waals surface area contributed by atoms with Gasteiger partial charge in [0.2, 0.25) is 0 Å². The Bertz CT molecular complexity index is 143. The van der Waals surface area contributed by atoms with E-state index in [-0.39, 0.29) is 0 Å². The number of hydrogen-bond donors (Lipinski definition) is 2. The summed E-state index contributed by atoms with van der Waals surface area (Å²) >= 11 is 0. The Morgan fingerprint density at radius 1 is 1.43 bits per heavy atom. The van der Waals surface area contributed by atoms with Crippen LogP contribution in [0.5, 0.6) is 0 Å². The van der Waals surface area contributed by atoms with Gasteiger partial charge in [-0.1, -0.05) is 20.8 Å². The number of hydrogen-bond acceptors (Lipinski definition) is 2. The van der Waals surface area contributed by atoms with E-state index in [9.17, 15) is 13.6 Å². The van der Waals surface area contributed by atoms with E-state index in [2.05, 4.69) is 5.32 Å². The number of halogens is 2. The maximum Gasteiger partial charge on any atom is 0.305 e. The molecule has 0 aliphatic carbocycles. The molecule has 0 amide bonds. The molecule has 5 heteroatoms. The molecule has 0 aromatic carbocycles. The summed E-state index contributed by atoms with van der Waals surface area (Å²) in [5, 5.41) is 10.7. The van der Waals surface area contributed by atoms with Crippen LogP contribution in [0, 0.1) is 0 Å². The Morgan fingerprint density at radius 3 is 2.21 bits per heavy atom. The zero-order valence-corrected chi connectivity index (χ0v) is 8.89. The van der Waals surface area contributed by atoms with Crippen molar-refractivity contribution in [3.05, 3.63) is 0 Å². The van der Waals surface area contributed by atoms with Gasteiger partial charge in [0.1, 0.15) is 0 Å². The number of carboxylic acid groups (broad SMARTS) is 1. The summed E-state index contributed by atoms with van der Waals surface area (Å²) in [7, 11) is 0. The number of rotatable bonds is 6. The van der Waals surface area contributed by atoms with Crippen LogP contribution in [0.4, 0.5) is 8.78 Å². The van der Waals surface area contributed by atoms with Crippen LogP contribution >= 0.6 is 0 Å². The molecule has 2 N–H and O–H groups in total. The van der Waals surface area contributed by atoms with Crippen molar-refractivity contribution < 1.29 is 18.7 Å². The predicted molar refractivity (Wildman–Crippen MR) is 51.7 cm³/mol. The van der Waals surface area contributed by atoms with Gasteiger partial charge >= 0.3 is 5.97 Å². The van der Waals surface area contributed by atoms with Crippen molar-refractivity contribution in [2.45, 2.75) is 46.1 Å². The van der Waals surface area contributed by atoms with Gasteiger partial charge in [-0.15, -0.1) is 0 Å². The van der Waals surface area contributed by atoms with Gasteiger partial charge in [0.15, 0.2) is 0 Å². The van der Waals surface area contributed by atoms with E-state index >= 15 is 0 Å². The predicted octanol–water partition coefficient (Wildman–Crippen LogP) is 2.12. The molecule has 0 aliphatic rings. The van der Waals surface area contributed by atoms with Crippen LogP contribution in [0.3, 0.4) is 0 Å². The van der Waals surface area contributed by atoms with Gasteiger partial charge in [0.05, 0.1) is 12.5 Å². The first-order chi connectivity index (χ1) is 6.57. The molecule has 86 valence electrons. The molecule has 0 fully saturated rings. The van der Waals surface area contributed by atoms with Crippen molar-refractivity contribution >= 4 is 5.97 Å². The second-order valence-electron chi connectivity index (χ2n) is 2.49. The fourth-order valence-electron chi connectivity index (χ4n) is 0.768. The molecule has 1 unspecified atom stereocenters. The van der Waals surface area contributed by atoms with Crippen LogP contribution in [0.25, 0.3) is 0 Å². The molecule has 0 heterocycles. The van der Waals surface area contributed by atoms with Crippen LogP contribution in [-0.4, -0.2) is 30.1 Å². The molecule has 0 rings (SSSR count). The van der Waals surface area contributed by atoms with Crippen LogP contribution in [-0.2, 0) is 4.79 Å². The molecular formula is C9H19F2NO2. The Balaban J connectivity index is 0. The van der Waals surface area contributed by atoms with Crippen molar-refractivity contribution in [3.63, 3.8) is 0 Å². The maximum atomic E-state index is 12.1. The largest absolute Gasteiger partial charge is 0.481 e. The molecule has 0 aliphatic heterocycles. The molecule has 14 heavy (non-hydrogen) atoms. The van der Waals surface area contributed by atoms with Crippen LogP contribution in [0.15, 0.2) is 0 Å². The van der Waals surface area contributed by atoms with E-state index in [1.807, 2.05) is 20.8 Å². The average molecular weight is 211 g/mol. The van der Waals surface area contributed by atoms with Gasteiger partial charge in [-0.25, -0.2) is 8.78 Å². The summed E-state index contributed by atoms with van der Waals surface area (Å²) < 4.78 is 24.1. The first-order valence-electron chi connectivity index (χ1n) is 4.81. The molecule has 0 aromatic heterocycles. The number of carbonyl (C=O) groups is 1. The highest BCUT2D eigenvalue weighted by atomic mass is 19.3. The fourth-order valence-corrected chi connectivity index (χ4v) is 0.768. The molecule has 1 atom stereocenters. The van der Waals surface area contributed by atoms with E-state index in [0.29, 0.717) is 13.0 Å². The van der Waals surface area contributed by atoms with Crippen LogP contribution in [0.2, 0.25) is 0 Å². The van der Waals surface area contributed by atoms with E-state index in [0.717, 1.165) is 0 Å². The third-order valence-electron chi connectivity index (χ3n) is 1.36. The Kier molecular flexibility index (Phi) is 11.7. The average Bonchev–Trinajstić information content (AvgIpc) is 2.14. The highest BCUT2D eigenvalue weighted by Crippen LogP contribution is 2.04. The minimum atomic E-state index is -2.62. The summed E-state index contributed by atoms with van der Waals surface area (Å²) in [4.78, 5) is 10.1. The molecular weight excluding hydrogens is 192 g/mol. The van der Waals surface area contributed by atoms with Crippen molar-refractivity contribution in [2.75, 3.05) is 6.54 Å². The van der Waals surface area contributed by atoms with E-state index in [4.69, 9.17) is 5.11 Å². The lowest BCUT2D eigenvalue weighted by Gasteiger charge is -2.14. The molecule has 3 nitrogen and oxygen atoms in total. The standard InChI is InChI=1S/C7H13F2NO2.C2H6/c1-2-3-10-5(7(8)9)4-6(11)12;1-2/h5,7,10H,2-4H2,1H3,(H,11,12);1-2H3. The quantitative estimate of drug-likeness (QED) is 0.707. The highest BCUT2D eigenvalue weighted by molar-refractivity contribution is 5.67. The van der Waals surface area contributed by atoms with Crippen molar-refractivity contribution in [3.8, 4) is 0 Å². The van der Waals surface area contributed by atoms with Crippen LogP contribution < -0.4 is 5.32 Å². The van der Waals surface area contributed by atoms with Crippen molar-refractivity contribution in [2.24, 2.45) is 0 Å². The lowest BCUT2D eigenvalue weighted by molar-refractivity contribution is -0.138. The summed E-state index contributed by atoms with van der Waals surface area (Å²) in [5.41, 5.74) is 0. The normalized spacial score (nSPS) is 11.9. The highest BCUT2D eigenvalue weighted by Gasteiger charge is 2.21.